The fraction of sp³-hybridized carbons (Fsp3) is 0.500. The number of nitrogens with zero attached hydrogens (tertiary/aromatic N) is 3. The number of hydrogen-bond donors (Lipinski definition) is 2. The third kappa shape index (κ3) is 6.02. The van der Waals surface area contributed by atoms with Crippen LogP contribution in [0.25, 0.3) is 0 Å². The smallest absolute Gasteiger partial charge is 0.191 e. The lowest BCUT2D eigenvalue weighted by molar-refractivity contribution is 0.201. The Balaban J connectivity index is 1.43. The van der Waals surface area contributed by atoms with Crippen LogP contribution in [0.3, 0.4) is 0 Å². The largest absolute Gasteiger partial charge is 0.469 e. The number of benzene rings is 1. The molecule has 2 heterocycles. The number of aliphatic imine (C=N–C) groups is 1. The maximum Gasteiger partial charge on any atom is 0.191 e. The number of nitrogens with one attached hydrogen (secondary N) is 2. The number of para-hydroxylation sites is 1. The minimum atomic E-state index is 0.429. The van der Waals surface area contributed by atoms with E-state index < -0.39 is 0 Å². The highest BCUT2D eigenvalue weighted by atomic mass is 16.3. The minimum absolute atomic E-state index is 0.429. The molecule has 1 saturated heterocycles. The van der Waals surface area contributed by atoms with Crippen LogP contribution in [0.15, 0.2) is 58.1 Å². The monoisotopic (exact) mass is 383 g/mol. The SMILES string of the molecule is CCNC(=NCC(C)N1CCN(c2ccccc2)CC1)NCCc1ccco1. The lowest BCUT2D eigenvalue weighted by Gasteiger charge is -2.38. The van der Waals surface area contributed by atoms with Gasteiger partial charge in [-0.1, -0.05) is 18.2 Å². The van der Waals surface area contributed by atoms with Crippen LogP contribution in [0.2, 0.25) is 0 Å². The van der Waals surface area contributed by atoms with Crippen LogP contribution >= 0.6 is 0 Å². The highest BCUT2D eigenvalue weighted by Crippen LogP contribution is 2.16. The molecule has 6 heteroatoms. The third-order valence-corrected chi connectivity index (χ3v) is 5.16. The van der Waals surface area contributed by atoms with Gasteiger partial charge in [-0.15, -0.1) is 0 Å². The number of piperazine rings is 1. The van der Waals surface area contributed by atoms with Gasteiger partial charge in [-0.3, -0.25) is 9.89 Å². The molecule has 1 fully saturated rings. The summed E-state index contributed by atoms with van der Waals surface area (Å²) in [6, 6.07) is 15.0. The van der Waals surface area contributed by atoms with E-state index in [1.54, 1.807) is 6.26 Å². The number of guanidine groups is 1. The Hall–Kier alpha value is -2.47. The Morgan fingerprint density at radius 3 is 2.54 bits per heavy atom. The van der Waals surface area contributed by atoms with E-state index in [4.69, 9.17) is 9.41 Å². The van der Waals surface area contributed by atoms with Gasteiger partial charge in [-0.2, -0.15) is 0 Å². The van der Waals surface area contributed by atoms with E-state index in [9.17, 15) is 0 Å². The zero-order valence-electron chi connectivity index (χ0n) is 17.1. The van der Waals surface area contributed by atoms with Crippen LogP contribution < -0.4 is 15.5 Å². The molecular weight excluding hydrogens is 350 g/mol. The van der Waals surface area contributed by atoms with E-state index in [-0.39, 0.29) is 0 Å². The van der Waals surface area contributed by atoms with Crippen molar-refractivity contribution >= 4 is 11.6 Å². The molecule has 0 aliphatic carbocycles. The summed E-state index contributed by atoms with van der Waals surface area (Å²) in [5.74, 6) is 1.87. The Morgan fingerprint density at radius 1 is 1.07 bits per heavy atom. The van der Waals surface area contributed by atoms with Crippen LogP contribution in [0.1, 0.15) is 19.6 Å². The predicted molar refractivity (Wildman–Crippen MR) is 116 cm³/mol. The molecule has 0 amide bonds. The molecule has 1 aliphatic heterocycles. The molecule has 0 saturated carbocycles. The van der Waals surface area contributed by atoms with Gasteiger partial charge in [0.2, 0.25) is 0 Å². The lowest BCUT2D eigenvalue weighted by atomic mass is 10.2. The summed E-state index contributed by atoms with van der Waals surface area (Å²) in [6.45, 7) is 11.1. The molecule has 1 unspecified atom stereocenters. The number of anilines is 1. The highest BCUT2D eigenvalue weighted by Gasteiger charge is 2.21. The van der Waals surface area contributed by atoms with Gasteiger partial charge in [-0.25, -0.2) is 0 Å². The Labute approximate surface area is 168 Å². The zero-order valence-corrected chi connectivity index (χ0v) is 17.1. The molecule has 0 bridgehead atoms. The van der Waals surface area contributed by atoms with Crippen LogP contribution in [0.5, 0.6) is 0 Å². The molecule has 3 rings (SSSR count). The molecule has 1 aliphatic rings. The summed E-state index contributed by atoms with van der Waals surface area (Å²) in [5, 5.41) is 6.73. The van der Waals surface area contributed by atoms with Crippen molar-refractivity contribution in [2.75, 3.05) is 50.7 Å². The summed E-state index contributed by atoms with van der Waals surface area (Å²) in [4.78, 5) is 9.80. The fourth-order valence-corrected chi connectivity index (χ4v) is 3.50. The summed E-state index contributed by atoms with van der Waals surface area (Å²) in [5.41, 5.74) is 1.32. The minimum Gasteiger partial charge on any atom is -0.469 e. The molecule has 1 atom stereocenters. The first-order valence-corrected chi connectivity index (χ1v) is 10.3. The second-order valence-corrected chi connectivity index (χ2v) is 7.18. The Bertz CT molecular complexity index is 693. The van der Waals surface area contributed by atoms with Gasteiger partial charge in [0.1, 0.15) is 5.76 Å². The molecule has 6 nitrogen and oxygen atoms in total. The number of furan rings is 1. The summed E-state index contributed by atoms with van der Waals surface area (Å²) in [6.07, 6.45) is 2.57. The van der Waals surface area contributed by atoms with Gasteiger partial charge < -0.3 is 20.0 Å². The van der Waals surface area contributed by atoms with Crippen LogP contribution in [-0.4, -0.2) is 62.7 Å². The molecule has 152 valence electrons. The average Bonchev–Trinajstić information content (AvgIpc) is 3.26. The molecular formula is C22H33N5O. The first kappa shape index (κ1) is 20.3. The number of rotatable bonds is 8. The van der Waals surface area contributed by atoms with Gasteiger partial charge in [0, 0.05) is 57.4 Å². The van der Waals surface area contributed by atoms with Gasteiger partial charge >= 0.3 is 0 Å². The summed E-state index contributed by atoms with van der Waals surface area (Å²) >= 11 is 0. The molecule has 2 N–H and O–H groups in total. The first-order valence-electron chi connectivity index (χ1n) is 10.3. The maximum atomic E-state index is 5.38. The van der Waals surface area contributed by atoms with Crippen molar-refractivity contribution in [3.8, 4) is 0 Å². The lowest BCUT2D eigenvalue weighted by Crippen LogP contribution is -2.50. The molecule has 0 radical (unpaired) electrons. The Morgan fingerprint density at radius 2 is 1.86 bits per heavy atom. The van der Waals surface area contributed by atoms with Crippen molar-refractivity contribution in [2.24, 2.45) is 4.99 Å². The van der Waals surface area contributed by atoms with Crippen molar-refractivity contribution < 1.29 is 4.42 Å². The van der Waals surface area contributed by atoms with E-state index >= 15 is 0 Å². The van der Waals surface area contributed by atoms with E-state index in [0.29, 0.717) is 6.04 Å². The molecule has 1 aromatic carbocycles. The predicted octanol–water partition coefficient (Wildman–Crippen LogP) is 2.59. The van der Waals surface area contributed by atoms with E-state index in [1.165, 1.54) is 5.69 Å². The maximum absolute atomic E-state index is 5.38. The van der Waals surface area contributed by atoms with Crippen molar-refractivity contribution in [2.45, 2.75) is 26.3 Å². The first-order chi connectivity index (χ1) is 13.8. The standard InChI is InChI=1S/C22H33N5O/c1-3-23-22(24-12-11-21-10-7-17-28-21)25-18-19(2)26-13-15-27(16-14-26)20-8-5-4-6-9-20/h4-10,17,19H,3,11-16,18H2,1-2H3,(H2,23,24,25). The van der Waals surface area contributed by atoms with Crippen LogP contribution in [-0.2, 0) is 6.42 Å². The fourth-order valence-electron chi connectivity index (χ4n) is 3.50. The van der Waals surface area contributed by atoms with Crippen molar-refractivity contribution in [3.63, 3.8) is 0 Å². The van der Waals surface area contributed by atoms with E-state index in [1.807, 2.05) is 12.1 Å². The van der Waals surface area contributed by atoms with E-state index in [2.05, 4.69) is 64.6 Å². The van der Waals surface area contributed by atoms with Crippen LogP contribution in [0, 0.1) is 0 Å². The molecule has 0 spiro atoms. The van der Waals surface area contributed by atoms with Gasteiger partial charge in [0.15, 0.2) is 5.96 Å². The second kappa shape index (κ2) is 10.8. The summed E-state index contributed by atoms with van der Waals surface area (Å²) < 4.78 is 5.38. The number of hydrogen-bond acceptors (Lipinski definition) is 4. The van der Waals surface area contributed by atoms with Crippen molar-refractivity contribution in [1.82, 2.24) is 15.5 Å². The topological polar surface area (TPSA) is 56.0 Å². The Kier molecular flexibility index (Phi) is 7.79. The molecule has 2 aromatic rings. The highest BCUT2D eigenvalue weighted by molar-refractivity contribution is 5.79. The normalized spacial score (nSPS) is 16.8. The summed E-state index contributed by atoms with van der Waals surface area (Å²) in [7, 11) is 0. The average molecular weight is 384 g/mol. The van der Waals surface area contributed by atoms with Gasteiger partial charge in [-0.05, 0) is 38.1 Å². The van der Waals surface area contributed by atoms with Crippen LogP contribution in [0.4, 0.5) is 5.69 Å². The quantitative estimate of drug-likeness (QED) is 0.542. The van der Waals surface area contributed by atoms with Crippen molar-refractivity contribution in [3.05, 3.63) is 54.5 Å². The molecule has 1 aromatic heterocycles. The second-order valence-electron chi connectivity index (χ2n) is 7.18. The van der Waals surface area contributed by atoms with Crippen molar-refractivity contribution in [1.29, 1.82) is 0 Å². The van der Waals surface area contributed by atoms with Gasteiger partial charge in [0.25, 0.3) is 0 Å². The van der Waals surface area contributed by atoms with Gasteiger partial charge in [0.05, 0.1) is 12.8 Å². The molecule has 28 heavy (non-hydrogen) atoms. The zero-order chi connectivity index (χ0) is 19.6. The van der Waals surface area contributed by atoms with E-state index in [0.717, 1.165) is 64.0 Å². The third-order valence-electron chi connectivity index (χ3n) is 5.16.